The molecule has 0 aliphatic carbocycles. The summed E-state index contributed by atoms with van der Waals surface area (Å²) in [5.74, 6) is 0.629. The Labute approximate surface area is 117 Å². The Morgan fingerprint density at radius 1 is 1.37 bits per heavy atom. The molecule has 2 aromatic rings. The predicted octanol–water partition coefficient (Wildman–Crippen LogP) is 2.71. The smallest absolute Gasteiger partial charge is 0.258 e. The van der Waals surface area contributed by atoms with Gasteiger partial charge in [0.25, 0.3) is 5.56 Å². The number of hydrogen-bond donors (Lipinski definition) is 2. The minimum Gasteiger partial charge on any atom is -0.309 e. The van der Waals surface area contributed by atoms with Crippen molar-refractivity contribution in [2.24, 2.45) is 5.41 Å². The topological polar surface area (TPSA) is 57.8 Å². The summed E-state index contributed by atoms with van der Waals surface area (Å²) in [6.07, 6.45) is 0. The SMILES string of the molecule is CC(C)(C)CNCc1nc2cc(Cl)ccc2c(=O)[nH]1. The molecule has 0 radical (unpaired) electrons. The largest absolute Gasteiger partial charge is 0.309 e. The highest BCUT2D eigenvalue weighted by Crippen LogP contribution is 2.14. The zero-order valence-corrected chi connectivity index (χ0v) is 12.1. The van der Waals surface area contributed by atoms with Gasteiger partial charge in [-0.3, -0.25) is 4.79 Å². The van der Waals surface area contributed by atoms with E-state index in [0.717, 1.165) is 6.54 Å². The van der Waals surface area contributed by atoms with Crippen LogP contribution in [0.4, 0.5) is 0 Å². The average Bonchev–Trinajstić information content (AvgIpc) is 2.26. The maximum absolute atomic E-state index is 11.9. The lowest BCUT2D eigenvalue weighted by Gasteiger charge is -2.18. The van der Waals surface area contributed by atoms with Gasteiger partial charge < -0.3 is 10.3 Å². The van der Waals surface area contributed by atoms with Crippen molar-refractivity contribution in [1.82, 2.24) is 15.3 Å². The lowest BCUT2D eigenvalue weighted by atomic mass is 9.97. The van der Waals surface area contributed by atoms with Crippen LogP contribution in [0.3, 0.4) is 0 Å². The third-order valence-corrected chi connectivity index (χ3v) is 2.90. The molecule has 0 aliphatic rings. The van der Waals surface area contributed by atoms with Crippen LogP contribution in [0.2, 0.25) is 5.02 Å². The van der Waals surface area contributed by atoms with Crippen LogP contribution >= 0.6 is 11.6 Å². The molecule has 0 bridgehead atoms. The van der Waals surface area contributed by atoms with Crippen LogP contribution in [0.5, 0.6) is 0 Å². The Kier molecular flexibility index (Phi) is 3.92. The van der Waals surface area contributed by atoms with Crippen molar-refractivity contribution in [2.45, 2.75) is 27.3 Å². The van der Waals surface area contributed by atoms with Gasteiger partial charge in [0.1, 0.15) is 5.82 Å². The molecule has 102 valence electrons. The summed E-state index contributed by atoms with van der Waals surface area (Å²) in [6, 6.07) is 5.09. The third kappa shape index (κ3) is 3.78. The number of nitrogens with zero attached hydrogens (tertiary/aromatic N) is 1. The number of rotatable bonds is 3. The van der Waals surface area contributed by atoms with Crippen molar-refractivity contribution in [3.05, 3.63) is 39.4 Å². The number of nitrogens with one attached hydrogen (secondary N) is 2. The standard InChI is InChI=1S/C14H18ClN3O/c1-14(2,3)8-16-7-12-17-11-6-9(15)4-5-10(11)13(19)18-12/h4-6,16H,7-8H2,1-3H3,(H,17,18,19). The van der Waals surface area contributed by atoms with Crippen molar-refractivity contribution < 1.29 is 0 Å². The first kappa shape index (κ1) is 14.0. The van der Waals surface area contributed by atoms with Gasteiger partial charge in [0, 0.05) is 11.6 Å². The second-order valence-corrected chi connectivity index (χ2v) is 6.27. The molecule has 0 saturated carbocycles. The maximum atomic E-state index is 11.9. The second kappa shape index (κ2) is 5.31. The number of fused-ring (bicyclic) bond motifs is 1. The van der Waals surface area contributed by atoms with Crippen LogP contribution in [-0.2, 0) is 6.54 Å². The summed E-state index contributed by atoms with van der Waals surface area (Å²) in [4.78, 5) is 19.1. The number of aromatic nitrogens is 2. The van der Waals surface area contributed by atoms with E-state index in [9.17, 15) is 4.79 Å². The molecule has 0 aliphatic heterocycles. The molecule has 0 saturated heterocycles. The van der Waals surface area contributed by atoms with Gasteiger partial charge in [-0.15, -0.1) is 0 Å². The minimum absolute atomic E-state index is 0.130. The van der Waals surface area contributed by atoms with Crippen LogP contribution < -0.4 is 10.9 Å². The quantitative estimate of drug-likeness (QED) is 0.908. The van der Waals surface area contributed by atoms with Crippen LogP contribution in [0.25, 0.3) is 10.9 Å². The molecule has 0 unspecified atom stereocenters. The molecule has 0 atom stereocenters. The van der Waals surface area contributed by atoms with Gasteiger partial charge >= 0.3 is 0 Å². The van der Waals surface area contributed by atoms with E-state index in [4.69, 9.17) is 11.6 Å². The van der Waals surface area contributed by atoms with Crippen LogP contribution in [0.15, 0.2) is 23.0 Å². The minimum atomic E-state index is -0.130. The van der Waals surface area contributed by atoms with Crippen LogP contribution in [0, 0.1) is 5.41 Å². The maximum Gasteiger partial charge on any atom is 0.258 e. The van der Waals surface area contributed by atoms with Crippen molar-refractivity contribution in [2.75, 3.05) is 6.54 Å². The molecule has 19 heavy (non-hydrogen) atoms. The van der Waals surface area contributed by atoms with Crippen molar-refractivity contribution in [3.8, 4) is 0 Å². The number of aromatic amines is 1. The molecule has 1 heterocycles. The predicted molar refractivity (Wildman–Crippen MR) is 78.5 cm³/mol. The highest BCUT2D eigenvalue weighted by molar-refractivity contribution is 6.31. The Bertz CT molecular complexity index is 643. The molecule has 1 aromatic heterocycles. The summed E-state index contributed by atoms with van der Waals surface area (Å²) >= 11 is 5.92. The highest BCUT2D eigenvalue weighted by atomic mass is 35.5. The Balaban J connectivity index is 2.23. The second-order valence-electron chi connectivity index (χ2n) is 5.84. The van der Waals surface area contributed by atoms with E-state index in [1.165, 1.54) is 0 Å². The fourth-order valence-corrected chi connectivity index (χ4v) is 1.97. The van der Waals surface area contributed by atoms with Crippen molar-refractivity contribution in [3.63, 3.8) is 0 Å². The molecule has 4 nitrogen and oxygen atoms in total. The zero-order valence-electron chi connectivity index (χ0n) is 11.4. The van der Waals surface area contributed by atoms with E-state index in [0.29, 0.717) is 28.3 Å². The van der Waals surface area contributed by atoms with Gasteiger partial charge in [0.2, 0.25) is 0 Å². The van der Waals surface area contributed by atoms with Gasteiger partial charge in [-0.25, -0.2) is 4.98 Å². The molecule has 0 fully saturated rings. The van der Waals surface area contributed by atoms with Gasteiger partial charge in [-0.2, -0.15) is 0 Å². The normalized spacial score (nSPS) is 12.0. The van der Waals surface area contributed by atoms with E-state index < -0.39 is 0 Å². The monoisotopic (exact) mass is 279 g/mol. The molecule has 2 N–H and O–H groups in total. The summed E-state index contributed by atoms with van der Waals surface area (Å²) in [5.41, 5.74) is 0.693. The van der Waals surface area contributed by atoms with E-state index in [1.807, 2.05) is 0 Å². The van der Waals surface area contributed by atoms with E-state index >= 15 is 0 Å². The van der Waals surface area contributed by atoms with E-state index in [-0.39, 0.29) is 11.0 Å². The Morgan fingerprint density at radius 3 is 2.79 bits per heavy atom. The van der Waals surface area contributed by atoms with Gasteiger partial charge in [-0.1, -0.05) is 32.4 Å². The Hall–Kier alpha value is -1.39. The first-order valence-corrected chi connectivity index (χ1v) is 6.62. The summed E-state index contributed by atoms with van der Waals surface area (Å²) in [6.45, 7) is 7.84. The lowest BCUT2D eigenvalue weighted by Crippen LogP contribution is -2.28. The van der Waals surface area contributed by atoms with Crippen LogP contribution in [0.1, 0.15) is 26.6 Å². The van der Waals surface area contributed by atoms with Crippen molar-refractivity contribution >= 4 is 22.5 Å². The number of benzene rings is 1. The molecular weight excluding hydrogens is 262 g/mol. The fraction of sp³-hybridized carbons (Fsp3) is 0.429. The lowest BCUT2D eigenvalue weighted by molar-refractivity contribution is 0.377. The van der Waals surface area contributed by atoms with Gasteiger partial charge in [0.15, 0.2) is 0 Å². The fourth-order valence-electron chi connectivity index (χ4n) is 1.80. The molecule has 5 heteroatoms. The number of H-pyrrole nitrogens is 1. The molecule has 0 spiro atoms. The first-order valence-electron chi connectivity index (χ1n) is 6.24. The summed E-state index contributed by atoms with van der Waals surface area (Å²) in [7, 11) is 0. The van der Waals surface area contributed by atoms with Gasteiger partial charge in [-0.05, 0) is 23.6 Å². The van der Waals surface area contributed by atoms with Crippen molar-refractivity contribution in [1.29, 1.82) is 0 Å². The summed E-state index contributed by atoms with van der Waals surface area (Å²) in [5, 5.41) is 4.42. The Morgan fingerprint density at radius 2 is 2.11 bits per heavy atom. The van der Waals surface area contributed by atoms with E-state index in [1.54, 1.807) is 18.2 Å². The van der Waals surface area contributed by atoms with Crippen LogP contribution in [-0.4, -0.2) is 16.5 Å². The zero-order chi connectivity index (χ0) is 14.0. The first-order chi connectivity index (χ1) is 8.85. The molecule has 1 aromatic carbocycles. The third-order valence-electron chi connectivity index (χ3n) is 2.67. The highest BCUT2D eigenvalue weighted by Gasteiger charge is 2.10. The molecule has 2 rings (SSSR count). The van der Waals surface area contributed by atoms with E-state index in [2.05, 4.69) is 36.1 Å². The number of halogens is 1. The number of hydrogen-bond acceptors (Lipinski definition) is 3. The average molecular weight is 280 g/mol. The van der Waals surface area contributed by atoms with Gasteiger partial charge in [0.05, 0.1) is 17.4 Å². The molecular formula is C14H18ClN3O. The summed E-state index contributed by atoms with van der Waals surface area (Å²) < 4.78 is 0. The molecule has 0 amide bonds.